The van der Waals surface area contributed by atoms with Gasteiger partial charge in [-0.25, -0.2) is 4.98 Å². The van der Waals surface area contributed by atoms with Gasteiger partial charge in [-0.15, -0.1) is 0 Å². The molecule has 0 aliphatic carbocycles. The molecular weight excluding hydrogens is 362 g/mol. The van der Waals surface area contributed by atoms with Gasteiger partial charge in [-0.1, -0.05) is 35.6 Å². The first-order valence-corrected chi connectivity index (χ1v) is 9.41. The Labute approximate surface area is 160 Å². The zero-order valence-corrected chi connectivity index (χ0v) is 15.9. The topological polar surface area (TPSA) is 64.9 Å². The molecule has 6 nitrogen and oxygen atoms in total. The van der Waals surface area contributed by atoms with Crippen molar-refractivity contribution in [2.24, 2.45) is 0 Å². The summed E-state index contributed by atoms with van der Waals surface area (Å²) in [6.45, 7) is 2.70. The number of fused-ring (bicyclic) bond motifs is 3. The Morgan fingerprint density at radius 3 is 2.70 bits per heavy atom. The second-order valence-electron chi connectivity index (χ2n) is 5.99. The number of methoxy groups -OCH3 is 1. The molecule has 0 spiro atoms. The van der Waals surface area contributed by atoms with Crippen LogP contribution in [-0.4, -0.2) is 35.6 Å². The average molecular weight is 381 g/mol. The fraction of sp³-hybridized carbons (Fsp3) is 0.200. The second-order valence-corrected chi connectivity index (χ2v) is 6.97. The van der Waals surface area contributed by atoms with Gasteiger partial charge in [-0.05, 0) is 31.2 Å². The van der Waals surface area contributed by atoms with Gasteiger partial charge in [-0.3, -0.25) is 9.20 Å². The third kappa shape index (κ3) is 3.21. The third-order valence-corrected chi connectivity index (χ3v) is 5.45. The van der Waals surface area contributed by atoms with Crippen LogP contribution < -0.4 is 14.8 Å². The van der Waals surface area contributed by atoms with Crippen LogP contribution in [0.3, 0.4) is 0 Å². The number of aryl methyl sites for hydroxylation is 1. The maximum absolute atomic E-state index is 12.6. The maximum Gasteiger partial charge on any atom is 0.263 e. The van der Waals surface area contributed by atoms with Gasteiger partial charge in [0, 0.05) is 5.69 Å². The third-order valence-electron chi connectivity index (χ3n) is 4.31. The van der Waals surface area contributed by atoms with E-state index in [0.29, 0.717) is 29.5 Å². The number of hydrogen-bond donors (Lipinski definition) is 1. The van der Waals surface area contributed by atoms with Gasteiger partial charge in [0.25, 0.3) is 5.91 Å². The Kier molecular flexibility index (Phi) is 4.68. The monoisotopic (exact) mass is 381 g/mol. The number of carbonyl (C=O) groups excluding carboxylic acids is 1. The highest BCUT2D eigenvalue weighted by Crippen LogP contribution is 2.28. The zero-order valence-electron chi connectivity index (χ0n) is 15.1. The summed E-state index contributed by atoms with van der Waals surface area (Å²) in [4.78, 5) is 18.7. The lowest BCUT2D eigenvalue weighted by Crippen LogP contribution is -2.28. The van der Waals surface area contributed by atoms with Crippen molar-refractivity contribution in [1.29, 1.82) is 0 Å². The largest absolute Gasteiger partial charge is 0.493 e. The maximum atomic E-state index is 12.6. The van der Waals surface area contributed by atoms with Crippen molar-refractivity contribution in [2.75, 3.05) is 20.3 Å². The SMILES string of the molecule is COc1ccccc1OCCNC(=O)c1sc2nc3ccccc3n2c1C. The Bertz CT molecular complexity index is 1120. The summed E-state index contributed by atoms with van der Waals surface area (Å²) in [6, 6.07) is 15.4. The molecule has 0 fully saturated rings. The molecule has 7 heteroatoms. The second kappa shape index (κ2) is 7.28. The number of hydrogen-bond acceptors (Lipinski definition) is 5. The molecule has 0 saturated heterocycles. The number of ether oxygens (including phenoxy) is 2. The van der Waals surface area contributed by atoms with E-state index in [4.69, 9.17) is 9.47 Å². The van der Waals surface area contributed by atoms with Crippen LogP contribution in [0, 0.1) is 6.92 Å². The standard InChI is InChI=1S/C20H19N3O3S/c1-13-18(27-20-22-14-7-3-4-8-15(14)23(13)20)19(24)21-11-12-26-17-10-6-5-9-16(17)25-2/h3-10H,11-12H2,1-2H3,(H,21,24). The summed E-state index contributed by atoms with van der Waals surface area (Å²) in [7, 11) is 1.60. The van der Waals surface area contributed by atoms with E-state index in [1.54, 1.807) is 7.11 Å². The Morgan fingerprint density at radius 2 is 1.89 bits per heavy atom. The minimum absolute atomic E-state index is 0.115. The molecule has 2 aromatic heterocycles. The molecule has 2 aromatic carbocycles. The minimum Gasteiger partial charge on any atom is -0.493 e. The van der Waals surface area contributed by atoms with Crippen LogP contribution in [-0.2, 0) is 0 Å². The van der Waals surface area contributed by atoms with Crippen molar-refractivity contribution in [3.05, 3.63) is 59.1 Å². The van der Waals surface area contributed by atoms with Crippen LogP contribution in [0.15, 0.2) is 48.5 Å². The Hall–Kier alpha value is -3.06. The van der Waals surface area contributed by atoms with Crippen molar-refractivity contribution in [3.63, 3.8) is 0 Å². The highest BCUT2D eigenvalue weighted by molar-refractivity contribution is 7.19. The normalized spacial score (nSPS) is 11.0. The van der Waals surface area contributed by atoms with E-state index >= 15 is 0 Å². The minimum atomic E-state index is -0.115. The number of imidazole rings is 1. The van der Waals surface area contributed by atoms with Crippen LogP contribution in [0.2, 0.25) is 0 Å². The average Bonchev–Trinajstić information content (AvgIpc) is 3.22. The Balaban J connectivity index is 1.43. The number of nitrogens with one attached hydrogen (secondary N) is 1. The number of thiazole rings is 1. The van der Waals surface area contributed by atoms with Gasteiger partial charge in [0.15, 0.2) is 16.5 Å². The molecule has 4 rings (SSSR count). The summed E-state index contributed by atoms with van der Waals surface area (Å²) < 4.78 is 13.0. The van der Waals surface area contributed by atoms with Crippen molar-refractivity contribution in [3.8, 4) is 11.5 Å². The lowest BCUT2D eigenvalue weighted by Gasteiger charge is -2.10. The van der Waals surface area contributed by atoms with E-state index in [1.165, 1.54) is 11.3 Å². The van der Waals surface area contributed by atoms with Crippen LogP contribution in [0.5, 0.6) is 11.5 Å². The number of para-hydroxylation sites is 4. The molecule has 138 valence electrons. The molecule has 0 unspecified atom stereocenters. The summed E-state index contributed by atoms with van der Waals surface area (Å²) in [5.41, 5.74) is 2.84. The molecule has 0 radical (unpaired) electrons. The number of benzene rings is 2. The van der Waals surface area contributed by atoms with Gasteiger partial charge in [0.1, 0.15) is 11.5 Å². The van der Waals surface area contributed by atoms with E-state index in [1.807, 2.05) is 59.9 Å². The molecule has 2 heterocycles. The molecule has 1 N–H and O–H groups in total. The number of amides is 1. The van der Waals surface area contributed by atoms with E-state index in [9.17, 15) is 4.79 Å². The van der Waals surface area contributed by atoms with Gasteiger partial charge in [-0.2, -0.15) is 0 Å². The summed E-state index contributed by atoms with van der Waals surface area (Å²) >= 11 is 1.40. The first-order chi connectivity index (χ1) is 13.2. The Morgan fingerprint density at radius 1 is 1.15 bits per heavy atom. The van der Waals surface area contributed by atoms with Crippen LogP contribution >= 0.6 is 11.3 Å². The predicted octanol–water partition coefficient (Wildman–Crippen LogP) is 3.67. The first kappa shape index (κ1) is 17.4. The predicted molar refractivity (Wildman–Crippen MR) is 106 cm³/mol. The van der Waals surface area contributed by atoms with Crippen molar-refractivity contribution >= 4 is 33.2 Å². The highest BCUT2D eigenvalue weighted by atomic mass is 32.1. The molecule has 0 saturated carbocycles. The summed E-state index contributed by atoms with van der Waals surface area (Å²) in [5, 5.41) is 2.91. The lowest BCUT2D eigenvalue weighted by molar-refractivity contribution is 0.0950. The molecule has 27 heavy (non-hydrogen) atoms. The fourth-order valence-corrected chi connectivity index (χ4v) is 4.07. The van der Waals surface area contributed by atoms with Crippen molar-refractivity contribution in [2.45, 2.75) is 6.92 Å². The van der Waals surface area contributed by atoms with Gasteiger partial charge in [0.05, 0.1) is 24.7 Å². The molecule has 0 atom stereocenters. The lowest BCUT2D eigenvalue weighted by atomic mass is 10.3. The van der Waals surface area contributed by atoms with Crippen LogP contribution in [0.1, 0.15) is 15.4 Å². The summed E-state index contributed by atoms with van der Waals surface area (Å²) in [5.74, 6) is 1.22. The molecule has 4 aromatic rings. The smallest absolute Gasteiger partial charge is 0.263 e. The van der Waals surface area contributed by atoms with Gasteiger partial charge in [0.2, 0.25) is 0 Å². The fourth-order valence-electron chi connectivity index (χ4n) is 3.02. The van der Waals surface area contributed by atoms with Crippen molar-refractivity contribution in [1.82, 2.24) is 14.7 Å². The van der Waals surface area contributed by atoms with Gasteiger partial charge < -0.3 is 14.8 Å². The zero-order chi connectivity index (χ0) is 18.8. The summed E-state index contributed by atoms with van der Waals surface area (Å²) in [6.07, 6.45) is 0. The molecule has 0 bridgehead atoms. The first-order valence-electron chi connectivity index (χ1n) is 8.59. The number of aromatic nitrogens is 2. The number of nitrogens with zero attached hydrogens (tertiary/aromatic N) is 2. The van der Waals surface area contributed by atoms with E-state index in [0.717, 1.165) is 21.7 Å². The number of carbonyl (C=O) groups is 1. The number of rotatable bonds is 6. The molecular formula is C20H19N3O3S. The van der Waals surface area contributed by atoms with E-state index < -0.39 is 0 Å². The van der Waals surface area contributed by atoms with Gasteiger partial charge >= 0.3 is 0 Å². The van der Waals surface area contributed by atoms with E-state index in [2.05, 4.69) is 10.3 Å². The van der Waals surface area contributed by atoms with Crippen LogP contribution in [0.25, 0.3) is 16.0 Å². The van der Waals surface area contributed by atoms with E-state index in [-0.39, 0.29) is 5.91 Å². The molecule has 0 aliphatic heterocycles. The van der Waals surface area contributed by atoms with Crippen LogP contribution in [0.4, 0.5) is 0 Å². The highest BCUT2D eigenvalue weighted by Gasteiger charge is 2.18. The van der Waals surface area contributed by atoms with Crippen molar-refractivity contribution < 1.29 is 14.3 Å². The molecule has 0 aliphatic rings. The quantitative estimate of drug-likeness (QED) is 0.518. The molecule has 1 amide bonds.